The van der Waals surface area contributed by atoms with Gasteiger partial charge in [-0.25, -0.2) is 13.1 Å². The molecule has 3 rings (SSSR count). The number of carbonyl (C=O) groups excluding carboxylic acids is 1. The Morgan fingerprint density at radius 2 is 1.93 bits per heavy atom. The van der Waals surface area contributed by atoms with E-state index in [0.717, 1.165) is 39.6 Å². The first-order valence-corrected chi connectivity index (χ1v) is 11.4. The average molecular weight is 435 g/mol. The van der Waals surface area contributed by atoms with Gasteiger partial charge in [-0.3, -0.25) is 4.79 Å². The highest BCUT2D eigenvalue weighted by Crippen LogP contribution is 2.26. The first kappa shape index (κ1) is 21.2. The molecule has 0 saturated carbocycles. The lowest BCUT2D eigenvalue weighted by Gasteiger charge is -2.09. The maximum absolute atomic E-state index is 12.5. The molecule has 0 atom stereocenters. The normalized spacial score (nSPS) is 11.6. The summed E-state index contributed by atoms with van der Waals surface area (Å²) in [6.45, 7) is 4.32. The summed E-state index contributed by atoms with van der Waals surface area (Å²) >= 11 is 6.03. The molecule has 0 bridgehead atoms. The minimum absolute atomic E-state index is 0.262. The van der Waals surface area contributed by atoms with Gasteiger partial charge in [-0.1, -0.05) is 23.7 Å². The smallest absolute Gasteiger partial charge is 0.281 e. The van der Waals surface area contributed by atoms with Crippen molar-refractivity contribution in [2.24, 2.45) is 0 Å². The number of fused-ring (bicyclic) bond motifs is 1. The average Bonchev–Trinajstić information content (AvgIpc) is 2.98. The number of benzene rings is 2. The monoisotopic (exact) mass is 434 g/mol. The molecule has 0 aliphatic heterocycles. The Balaban J connectivity index is 1.78. The summed E-state index contributed by atoms with van der Waals surface area (Å²) in [5.41, 5.74) is 3.82. The lowest BCUT2D eigenvalue weighted by atomic mass is 10.0. The number of amides is 1. The van der Waals surface area contributed by atoms with Crippen LogP contribution in [0.25, 0.3) is 10.9 Å². The summed E-state index contributed by atoms with van der Waals surface area (Å²) in [6, 6.07) is 11.3. The van der Waals surface area contributed by atoms with Crippen molar-refractivity contribution in [3.63, 3.8) is 0 Å². The van der Waals surface area contributed by atoms with Crippen LogP contribution in [0.2, 0.25) is 5.02 Å². The Morgan fingerprint density at radius 1 is 1.17 bits per heavy atom. The van der Waals surface area contributed by atoms with Crippen molar-refractivity contribution in [2.45, 2.75) is 26.7 Å². The van der Waals surface area contributed by atoms with Gasteiger partial charge in [0.05, 0.1) is 12.9 Å². The van der Waals surface area contributed by atoms with E-state index >= 15 is 0 Å². The molecule has 0 aliphatic carbocycles. The van der Waals surface area contributed by atoms with Gasteiger partial charge in [0.2, 0.25) is 10.0 Å². The molecule has 0 spiro atoms. The van der Waals surface area contributed by atoms with Gasteiger partial charge in [-0.05, 0) is 67.6 Å². The second-order valence-corrected chi connectivity index (χ2v) is 9.25. The highest BCUT2D eigenvalue weighted by atomic mass is 35.5. The fourth-order valence-corrected chi connectivity index (χ4v) is 3.74. The molecule has 1 amide bonds. The van der Waals surface area contributed by atoms with E-state index in [1.54, 1.807) is 6.07 Å². The summed E-state index contributed by atoms with van der Waals surface area (Å²) in [5, 5.41) is 1.59. The standard InChI is InChI=1S/C21H23ClN2O4S/c1-13-6-8-16-17(5-4-10-28-15-7-9-18(22)14(2)12-15)20(23-19(16)11-13)21(25)24-29(3,26)27/h6-9,11-12,23H,4-5,10H2,1-3H3,(H,24,25). The van der Waals surface area contributed by atoms with Gasteiger partial charge in [0, 0.05) is 15.9 Å². The van der Waals surface area contributed by atoms with E-state index in [0.29, 0.717) is 24.5 Å². The predicted octanol–water partition coefficient (Wildman–Crippen LogP) is 4.14. The van der Waals surface area contributed by atoms with Gasteiger partial charge in [0.1, 0.15) is 11.4 Å². The molecule has 0 fully saturated rings. The minimum Gasteiger partial charge on any atom is -0.494 e. The van der Waals surface area contributed by atoms with Crippen LogP contribution >= 0.6 is 11.6 Å². The summed E-state index contributed by atoms with van der Waals surface area (Å²) in [4.78, 5) is 15.6. The topological polar surface area (TPSA) is 88.3 Å². The number of hydrogen-bond donors (Lipinski definition) is 2. The third kappa shape index (κ3) is 5.31. The number of H-pyrrole nitrogens is 1. The van der Waals surface area contributed by atoms with Crippen molar-refractivity contribution < 1.29 is 17.9 Å². The quantitative estimate of drug-likeness (QED) is 0.547. The third-order valence-electron chi connectivity index (χ3n) is 4.54. The number of rotatable bonds is 7. The van der Waals surface area contributed by atoms with E-state index in [4.69, 9.17) is 16.3 Å². The summed E-state index contributed by atoms with van der Waals surface area (Å²) in [7, 11) is -3.66. The molecule has 2 N–H and O–H groups in total. The van der Waals surface area contributed by atoms with Crippen molar-refractivity contribution in [3.05, 3.63) is 63.8 Å². The summed E-state index contributed by atoms with van der Waals surface area (Å²) in [5.74, 6) is 0.0714. The number of aromatic amines is 1. The third-order valence-corrected chi connectivity index (χ3v) is 5.52. The predicted molar refractivity (Wildman–Crippen MR) is 115 cm³/mol. The van der Waals surface area contributed by atoms with Gasteiger partial charge in [0.15, 0.2) is 0 Å². The number of ether oxygens (including phenoxy) is 1. The molecule has 0 unspecified atom stereocenters. The molecular formula is C21H23ClN2O4S. The Hall–Kier alpha value is -2.51. The van der Waals surface area contributed by atoms with E-state index in [2.05, 4.69) is 4.98 Å². The first-order valence-electron chi connectivity index (χ1n) is 9.16. The van der Waals surface area contributed by atoms with Crippen LogP contribution in [0, 0.1) is 13.8 Å². The number of aromatic nitrogens is 1. The number of hydrogen-bond acceptors (Lipinski definition) is 4. The molecule has 1 aromatic heterocycles. The SMILES string of the molecule is Cc1ccc2c(CCCOc3ccc(Cl)c(C)c3)c(C(=O)NS(C)(=O)=O)[nH]c2c1. The molecular weight excluding hydrogens is 412 g/mol. The van der Waals surface area contributed by atoms with Gasteiger partial charge >= 0.3 is 0 Å². The first-order chi connectivity index (χ1) is 13.6. The fraction of sp³-hybridized carbons (Fsp3) is 0.286. The minimum atomic E-state index is -3.66. The Morgan fingerprint density at radius 3 is 2.62 bits per heavy atom. The molecule has 1 heterocycles. The van der Waals surface area contributed by atoms with Crippen LogP contribution in [0.1, 0.15) is 33.6 Å². The largest absolute Gasteiger partial charge is 0.494 e. The van der Waals surface area contributed by atoms with Crippen LogP contribution in [0.3, 0.4) is 0 Å². The van der Waals surface area contributed by atoms with Gasteiger partial charge < -0.3 is 9.72 Å². The molecule has 154 valence electrons. The zero-order valence-corrected chi connectivity index (χ0v) is 18.1. The summed E-state index contributed by atoms with van der Waals surface area (Å²) < 4.78 is 30.8. The molecule has 6 nitrogen and oxygen atoms in total. The van der Waals surface area contributed by atoms with E-state index in [1.807, 2.05) is 48.9 Å². The zero-order valence-electron chi connectivity index (χ0n) is 16.5. The summed E-state index contributed by atoms with van der Waals surface area (Å²) in [6.07, 6.45) is 2.17. The van der Waals surface area contributed by atoms with E-state index in [9.17, 15) is 13.2 Å². The molecule has 2 aromatic carbocycles. The molecule has 0 saturated heterocycles. The molecule has 0 aliphatic rings. The van der Waals surface area contributed by atoms with Crippen LogP contribution in [-0.2, 0) is 16.4 Å². The number of aryl methyl sites for hydroxylation is 3. The van der Waals surface area contributed by atoms with E-state index < -0.39 is 15.9 Å². The lowest BCUT2D eigenvalue weighted by Crippen LogP contribution is -2.30. The van der Waals surface area contributed by atoms with Gasteiger partial charge in [-0.15, -0.1) is 0 Å². The highest BCUT2D eigenvalue weighted by molar-refractivity contribution is 7.89. The van der Waals surface area contributed by atoms with E-state index in [-0.39, 0.29) is 5.69 Å². The van der Waals surface area contributed by atoms with Crippen molar-refractivity contribution in [1.29, 1.82) is 0 Å². The Labute approximate surface area is 175 Å². The zero-order chi connectivity index (χ0) is 21.2. The molecule has 29 heavy (non-hydrogen) atoms. The second kappa shape index (κ2) is 8.47. The van der Waals surface area contributed by atoms with Crippen LogP contribution in [-0.4, -0.2) is 32.2 Å². The maximum atomic E-state index is 12.5. The van der Waals surface area contributed by atoms with Gasteiger partial charge in [0.25, 0.3) is 5.91 Å². The van der Waals surface area contributed by atoms with Crippen LogP contribution < -0.4 is 9.46 Å². The Kier molecular flexibility index (Phi) is 6.19. The van der Waals surface area contributed by atoms with E-state index in [1.165, 1.54) is 0 Å². The molecule has 8 heteroatoms. The van der Waals surface area contributed by atoms with Gasteiger partial charge in [-0.2, -0.15) is 0 Å². The van der Waals surface area contributed by atoms with Crippen molar-refractivity contribution in [3.8, 4) is 5.75 Å². The van der Waals surface area contributed by atoms with Crippen LogP contribution in [0.15, 0.2) is 36.4 Å². The Bertz CT molecular complexity index is 1170. The maximum Gasteiger partial charge on any atom is 0.281 e. The van der Waals surface area contributed by atoms with Crippen molar-refractivity contribution >= 4 is 38.4 Å². The van der Waals surface area contributed by atoms with Crippen molar-refractivity contribution in [2.75, 3.05) is 12.9 Å². The van der Waals surface area contributed by atoms with Crippen molar-refractivity contribution in [1.82, 2.24) is 9.71 Å². The highest BCUT2D eigenvalue weighted by Gasteiger charge is 2.20. The van der Waals surface area contributed by atoms with Crippen LogP contribution in [0.5, 0.6) is 5.75 Å². The number of nitrogens with one attached hydrogen (secondary N) is 2. The fourth-order valence-electron chi connectivity index (χ4n) is 3.19. The second-order valence-electron chi connectivity index (χ2n) is 7.09. The van der Waals surface area contributed by atoms with Crippen LogP contribution in [0.4, 0.5) is 0 Å². The molecule has 3 aromatic rings. The number of sulfonamides is 1. The molecule has 0 radical (unpaired) electrons. The number of halogens is 1. The lowest BCUT2D eigenvalue weighted by molar-refractivity contribution is 0.0976. The number of carbonyl (C=O) groups is 1.